The number of amides is 2. The first-order chi connectivity index (χ1) is 9.29. The molecule has 0 aliphatic carbocycles. The zero-order valence-corrected chi connectivity index (χ0v) is 13.4. The van der Waals surface area contributed by atoms with Gasteiger partial charge < -0.3 is 16.0 Å². The predicted octanol–water partition coefficient (Wildman–Crippen LogP) is 0.990. The van der Waals surface area contributed by atoms with Crippen LogP contribution in [0.25, 0.3) is 0 Å². The summed E-state index contributed by atoms with van der Waals surface area (Å²) in [5.74, 6) is -0.238. The van der Waals surface area contributed by atoms with Crippen LogP contribution in [0.2, 0.25) is 0 Å². The number of anilines is 2. The van der Waals surface area contributed by atoms with Crippen molar-refractivity contribution in [2.45, 2.75) is 0 Å². The van der Waals surface area contributed by atoms with Gasteiger partial charge in [-0.1, -0.05) is 0 Å². The molecule has 0 bridgehead atoms. The summed E-state index contributed by atoms with van der Waals surface area (Å²) >= 11 is 3.33. The molecule has 0 fully saturated rings. The standard InChI is InChI=1S/C13H19BrN4O2/c1-17(2)13(20)8-18(3)7-12(19)16-11-5-4-9(15)6-10(11)14/h4-6H,7-8,15H2,1-3H3,(H,16,19). The monoisotopic (exact) mass is 342 g/mol. The summed E-state index contributed by atoms with van der Waals surface area (Å²) in [4.78, 5) is 26.5. The summed E-state index contributed by atoms with van der Waals surface area (Å²) in [6.07, 6.45) is 0. The number of carbonyl (C=O) groups excluding carboxylic acids is 2. The second-order valence-electron chi connectivity index (χ2n) is 4.75. The highest BCUT2D eigenvalue weighted by Crippen LogP contribution is 2.24. The van der Waals surface area contributed by atoms with Crippen molar-refractivity contribution in [2.24, 2.45) is 0 Å². The van der Waals surface area contributed by atoms with Gasteiger partial charge in [0.15, 0.2) is 0 Å². The maximum absolute atomic E-state index is 11.9. The van der Waals surface area contributed by atoms with E-state index >= 15 is 0 Å². The second-order valence-corrected chi connectivity index (χ2v) is 5.60. The van der Waals surface area contributed by atoms with Crippen LogP contribution in [-0.2, 0) is 9.59 Å². The minimum Gasteiger partial charge on any atom is -0.399 e. The van der Waals surface area contributed by atoms with E-state index in [0.717, 1.165) is 4.47 Å². The summed E-state index contributed by atoms with van der Waals surface area (Å²) in [6, 6.07) is 5.15. The molecule has 3 N–H and O–H groups in total. The minimum atomic E-state index is -0.190. The van der Waals surface area contributed by atoms with E-state index in [4.69, 9.17) is 5.73 Å². The molecule has 0 spiro atoms. The molecule has 0 radical (unpaired) electrons. The normalized spacial score (nSPS) is 10.4. The predicted molar refractivity (Wildman–Crippen MR) is 83.4 cm³/mol. The van der Waals surface area contributed by atoms with Crippen LogP contribution in [-0.4, -0.2) is 55.8 Å². The molecule has 1 aromatic rings. The molecule has 7 heteroatoms. The van der Waals surface area contributed by atoms with Crippen LogP contribution in [0.15, 0.2) is 22.7 Å². The molecule has 0 aromatic heterocycles. The van der Waals surface area contributed by atoms with Gasteiger partial charge in [0.2, 0.25) is 11.8 Å². The molecule has 0 aliphatic heterocycles. The van der Waals surface area contributed by atoms with E-state index in [9.17, 15) is 9.59 Å². The van der Waals surface area contributed by atoms with Crippen molar-refractivity contribution in [1.82, 2.24) is 9.80 Å². The quantitative estimate of drug-likeness (QED) is 0.782. The van der Waals surface area contributed by atoms with Crippen molar-refractivity contribution in [2.75, 3.05) is 45.3 Å². The van der Waals surface area contributed by atoms with Gasteiger partial charge in [0.05, 0.1) is 18.8 Å². The van der Waals surface area contributed by atoms with Crippen LogP contribution >= 0.6 is 15.9 Å². The van der Waals surface area contributed by atoms with E-state index in [1.807, 2.05) is 0 Å². The molecule has 0 unspecified atom stereocenters. The number of hydrogen-bond acceptors (Lipinski definition) is 4. The molecule has 0 saturated carbocycles. The molecule has 0 aliphatic rings. The Kier molecular flexibility index (Phi) is 5.97. The van der Waals surface area contributed by atoms with Gasteiger partial charge >= 0.3 is 0 Å². The lowest BCUT2D eigenvalue weighted by atomic mass is 10.3. The fraction of sp³-hybridized carbons (Fsp3) is 0.385. The van der Waals surface area contributed by atoms with Crippen molar-refractivity contribution in [3.05, 3.63) is 22.7 Å². The number of halogens is 1. The topological polar surface area (TPSA) is 78.7 Å². The Morgan fingerprint density at radius 1 is 1.25 bits per heavy atom. The first-order valence-electron chi connectivity index (χ1n) is 6.03. The van der Waals surface area contributed by atoms with Crippen LogP contribution in [0.5, 0.6) is 0 Å². The fourth-order valence-corrected chi connectivity index (χ4v) is 1.99. The lowest BCUT2D eigenvalue weighted by molar-refractivity contribution is -0.130. The average Bonchev–Trinajstić information content (AvgIpc) is 2.32. The average molecular weight is 343 g/mol. The second kappa shape index (κ2) is 7.25. The highest BCUT2D eigenvalue weighted by atomic mass is 79.9. The SMILES string of the molecule is CN(CC(=O)Nc1ccc(N)cc1Br)CC(=O)N(C)C. The van der Waals surface area contributed by atoms with Crippen LogP contribution in [0.3, 0.4) is 0 Å². The van der Waals surface area contributed by atoms with Crippen molar-refractivity contribution < 1.29 is 9.59 Å². The van der Waals surface area contributed by atoms with Crippen molar-refractivity contribution in [3.8, 4) is 0 Å². The highest BCUT2D eigenvalue weighted by molar-refractivity contribution is 9.10. The molecule has 0 atom stereocenters. The molecule has 0 saturated heterocycles. The van der Waals surface area contributed by atoms with Gasteiger partial charge in [-0.2, -0.15) is 0 Å². The van der Waals surface area contributed by atoms with Gasteiger partial charge in [-0.3, -0.25) is 14.5 Å². The Morgan fingerprint density at radius 2 is 1.90 bits per heavy atom. The molecule has 1 aromatic carbocycles. The van der Waals surface area contributed by atoms with E-state index in [1.54, 1.807) is 44.2 Å². The number of rotatable bonds is 5. The zero-order valence-electron chi connectivity index (χ0n) is 11.8. The maximum atomic E-state index is 11.9. The Labute approximate surface area is 127 Å². The lowest BCUT2D eigenvalue weighted by Gasteiger charge is -2.18. The third-order valence-corrected chi connectivity index (χ3v) is 3.24. The number of nitrogens with one attached hydrogen (secondary N) is 1. The highest BCUT2D eigenvalue weighted by Gasteiger charge is 2.12. The van der Waals surface area contributed by atoms with Gasteiger partial charge in [-0.05, 0) is 41.2 Å². The van der Waals surface area contributed by atoms with Crippen LogP contribution < -0.4 is 11.1 Å². The molecule has 110 valence electrons. The number of nitrogen functional groups attached to an aromatic ring is 1. The summed E-state index contributed by atoms with van der Waals surface area (Å²) in [6.45, 7) is 0.333. The van der Waals surface area contributed by atoms with E-state index in [1.165, 1.54) is 4.90 Å². The molecule has 2 amide bonds. The van der Waals surface area contributed by atoms with Gasteiger partial charge in [0.1, 0.15) is 0 Å². The van der Waals surface area contributed by atoms with Gasteiger partial charge in [-0.25, -0.2) is 0 Å². The van der Waals surface area contributed by atoms with Crippen LogP contribution in [0, 0.1) is 0 Å². The Bertz CT molecular complexity index is 505. The number of benzene rings is 1. The van der Waals surface area contributed by atoms with Gasteiger partial charge in [-0.15, -0.1) is 0 Å². The summed E-state index contributed by atoms with van der Waals surface area (Å²) in [5.41, 5.74) is 6.89. The van der Waals surface area contributed by atoms with Gasteiger partial charge in [0, 0.05) is 24.3 Å². The maximum Gasteiger partial charge on any atom is 0.238 e. The molecule has 0 heterocycles. The number of hydrogen-bond donors (Lipinski definition) is 2. The van der Waals surface area contributed by atoms with E-state index in [0.29, 0.717) is 11.4 Å². The number of nitrogens with zero attached hydrogens (tertiary/aromatic N) is 2. The molecular formula is C13H19BrN4O2. The first kappa shape index (κ1) is 16.5. The van der Waals surface area contributed by atoms with Crippen molar-refractivity contribution in [3.63, 3.8) is 0 Å². The van der Waals surface area contributed by atoms with Crippen molar-refractivity contribution in [1.29, 1.82) is 0 Å². The Morgan fingerprint density at radius 3 is 2.45 bits per heavy atom. The third-order valence-electron chi connectivity index (χ3n) is 2.58. The Hall–Kier alpha value is -1.60. The molecule has 6 nitrogen and oxygen atoms in total. The largest absolute Gasteiger partial charge is 0.399 e. The molecule has 1 rings (SSSR count). The number of carbonyl (C=O) groups is 2. The van der Waals surface area contributed by atoms with Crippen LogP contribution in [0.1, 0.15) is 0 Å². The zero-order chi connectivity index (χ0) is 15.3. The summed E-state index contributed by atoms with van der Waals surface area (Å²) in [5, 5.41) is 2.76. The van der Waals surface area contributed by atoms with E-state index in [-0.39, 0.29) is 24.9 Å². The summed E-state index contributed by atoms with van der Waals surface area (Å²) in [7, 11) is 5.09. The lowest BCUT2D eigenvalue weighted by Crippen LogP contribution is -2.38. The Balaban J connectivity index is 2.53. The van der Waals surface area contributed by atoms with E-state index < -0.39 is 0 Å². The molecular weight excluding hydrogens is 324 g/mol. The smallest absolute Gasteiger partial charge is 0.238 e. The summed E-state index contributed by atoms with van der Waals surface area (Å²) < 4.78 is 0.720. The van der Waals surface area contributed by atoms with Crippen LogP contribution in [0.4, 0.5) is 11.4 Å². The fourth-order valence-electron chi connectivity index (χ4n) is 1.50. The minimum absolute atomic E-state index is 0.0473. The number of likely N-dealkylation sites (N-methyl/N-ethyl adjacent to an activating group) is 2. The van der Waals surface area contributed by atoms with Crippen molar-refractivity contribution >= 4 is 39.1 Å². The van der Waals surface area contributed by atoms with Gasteiger partial charge in [0.25, 0.3) is 0 Å². The number of nitrogens with two attached hydrogens (primary N) is 1. The third kappa shape index (κ3) is 5.18. The first-order valence-corrected chi connectivity index (χ1v) is 6.82. The molecule has 20 heavy (non-hydrogen) atoms. The van der Waals surface area contributed by atoms with E-state index in [2.05, 4.69) is 21.2 Å².